The average molecular weight is 450 g/mol. The van der Waals surface area contributed by atoms with E-state index in [9.17, 15) is 9.90 Å². The Labute approximate surface area is 194 Å². The summed E-state index contributed by atoms with van der Waals surface area (Å²) in [7, 11) is 1.62. The maximum Gasteiger partial charge on any atom is 0.273 e. The molecule has 4 rings (SSSR count). The monoisotopic (exact) mass is 449 g/mol. The van der Waals surface area contributed by atoms with Crippen LogP contribution in [-0.2, 0) is 0 Å². The number of H-pyrrole nitrogens is 1. The predicted octanol–water partition coefficient (Wildman–Crippen LogP) is 5.32. The lowest BCUT2D eigenvalue weighted by atomic mass is 9.95. The van der Waals surface area contributed by atoms with E-state index in [4.69, 9.17) is 9.47 Å². The number of unbranched alkanes of at least 4 members (excludes halogenated alkanes) is 2. The zero-order valence-corrected chi connectivity index (χ0v) is 19.4. The Morgan fingerprint density at radius 3 is 2.61 bits per heavy atom. The Balaban J connectivity index is 1.80. The number of phenols is 1. The van der Waals surface area contributed by atoms with E-state index in [2.05, 4.69) is 24.0 Å². The third-order valence-corrected chi connectivity index (χ3v) is 6.03. The van der Waals surface area contributed by atoms with Crippen LogP contribution in [0.15, 0.2) is 42.5 Å². The van der Waals surface area contributed by atoms with Gasteiger partial charge in [-0.3, -0.25) is 9.89 Å². The zero-order chi connectivity index (χ0) is 23.4. The number of aromatic nitrogens is 2. The molecule has 1 unspecified atom stereocenters. The lowest BCUT2D eigenvalue weighted by molar-refractivity contribution is 0.0741. The van der Waals surface area contributed by atoms with Gasteiger partial charge in [0, 0.05) is 17.7 Å². The van der Waals surface area contributed by atoms with E-state index < -0.39 is 0 Å². The first-order valence-electron chi connectivity index (χ1n) is 11.6. The number of carbonyl (C=O) groups is 1. The number of methoxy groups -OCH3 is 1. The molecule has 0 aliphatic carbocycles. The van der Waals surface area contributed by atoms with Crippen LogP contribution in [-0.4, -0.2) is 46.4 Å². The van der Waals surface area contributed by atoms with Gasteiger partial charge in [0.05, 0.1) is 19.8 Å². The Hall–Kier alpha value is -3.48. The van der Waals surface area contributed by atoms with Crippen molar-refractivity contribution >= 4 is 5.91 Å². The number of hydrogen-bond acceptors (Lipinski definition) is 5. The number of fused-ring (bicyclic) bond motifs is 1. The van der Waals surface area contributed by atoms with Crippen LogP contribution in [0.3, 0.4) is 0 Å². The van der Waals surface area contributed by atoms with Crippen molar-refractivity contribution in [2.24, 2.45) is 0 Å². The molecule has 0 spiro atoms. The van der Waals surface area contributed by atoms with Gasteiger partial charge >= 0.3 is 0 Å². The van der Waals surface area contributed by atoms with E-state index in [0.717, 1.165) is 36.8 Å². The van der Waals surface area contributed by atoms with Crippen LogP contribution in [0.2, 0.25) is 0 Å². The highest BCUT2D eigenvalue weighted by molar-refractivity contribution is 6.00. The van der Waals surface area contributed by atoms with Gasteiger partial charge in [-0.15, -0.1) is 0 Å². The van der Waals surface area contributed by atoms with Gasteiger partial charge in [-0.2, -0.15) is 5.10 Å². The molecular formula is C26H31N3O4. The molecule has 1 aromatic heterocycles. The first-order chi connectivity index (χ1) is 16.1. The molecule has 2 heterocycles. The van der Waals surface area contributed by atoms with Crippen molar-refractivity contribution in [2.75, 3.05) is 20.3 Å². The van der Waals surface area contributed by atoms with Gasteiger partial charge < -0.3 is 19.5 Å². The first kappa shape index (κ1) is 22.7. The third-order valence-electron chi connectivity index (χ3n) is 6.03. The fourth-order valence-corrected chi connectivity index (χ4v) is 4.28. The molecular weight excluding hydrogens is 418 g/mol. The van der Waals surface area contributed by atoms with Crippen molar-refractivity contribution in [1.82, 2.24) is 15.1 Å². The lowest BCUT2D eigenvalue weighted by Crippen LogP contribution is -2.30. The summed E-state index contributed by atoms with van der Waals surface area (Å²) >= 11 is 0. The van der Waals surface area contributed by atoms with Crippen molar-refractivity contribution in [3.8, 4) is 28.5 Å². The second-order valence-corrected chi connectivity index (χ2v) is 8.24. The van der Waals surface area contributed by atoms with Crippen molar-refractivity contribution < 1.29 is 19.4 Å². The number of aromatic hydroxyl groups is 1. The third kappa shape index (κ3) is 4.27. The Kier molecular flexibility index (Phi) is 6.87. The van der Waals surface area contributed by atoms with Gasteiger partial charge in [-0.05, 0) is 42.7 Å². The number of ether oxygens (including phenoxy) is 2. The number of hydrogen-bond donors (Lipinski definition) is 2. The van der Waals surface area contributed by atoms with Gasteiger partial charge in [0.2, 0.25) is 0 Å². The number of carbonyl (C=O) groups excluding carboxylic acids is 1. The van der Waals surface area contributed by atoms with Crippen LogP contribution in [0, 0.1) is 0 Å². The van der Waals surface area contributed by atoms with Crippen LogP contribution in [0.25, 0.3) is 11.3 Å². The molecule has 1 aliphatic heterocycles. The molecule has 1 atom stereocenters. The molecule has 1 aliphatic rings. The van der Waals surface area contributed by atoms with Crippen molar-refractivity contribution in [3.63, 3.8) is 0 Å². The summed E-state index contributed by atoms with van der Waals surface area (Å²) in [6, 6.07) is 12.5. The number of para-hydroxylation sites is 1. The highest BCUT2D eigenvalue weighted by Gasteiger charge is 2.42. The normalized spacial score (nSPS) is 15.1. The number of benzene rings is 2. The highest BCUT2D eigenvalue weighted by atomic mass is 16.5. The van der Waals surface area contributed by atoms with E-state index in [1.807, 2.05) is 35.2 Å². The molecule has 0 radical (unpaired) electrons. The summed E-state index contributed by atoms with van der Waals surface area (Å²) in [4.78, 5) is 15.2. The number of amides is 1. The van der Waals surface area contributed by atoms with Crippen LogP contribution in [0.4, 0.5) is 0 Å². The molecule has 3 aromatic rings. The van der Waals surface area contributed by atoms with Crippen molar-refractivity contribution in [3.05, 3.63) is 59.3 Å². The number of nitrogens with one attached hydrogen (secondary N) is 1. The molecule has 7 nitrogen and oxygen atoms in total. The highest BCUT2D eigenvalue weighted by Crippen LogP contribution is 2.45. The first-order valence-corrected chi connectivity index (χ1v) is 11.6. The molecule has 174 valence electrons. The van der Waals surface area contributed by atoms with Gasteiger partial charge in [-0.25, -0.2) is 0 Å². The number of rotatable bonds is 10. The fraction of sp³-hybridized carbons (Fsp3) is 0.385. The van der Waals surface area contributed by atoms with Gasteiger partial charge in [-0.1, -0.05) is 44.9 Å². The van der Waals surface area contributed by atoms with Crippen molar-refractivity contribution in [2.45, 2.75) is 45.6 Å². The summed E-state index contributed by atoms with van der Waals surface area (Å²) in [5.41, 5.74) is 3.34. The van der Waals surface area contributed by atoms with E-state index in [1.165, 1.54) is 0 Å². The SMILES string of the molecule is CCCCOc1ccc(C2c3c(-c4ccccc4O)n[nH]c3C(=O)N2CCCC)cc1OC. The van der Waals surface area contributed by atoms with Gasteiger partial charge in [0.25, 0.3) is 5.91 Å². The Morgan fingerprint density at radius 2 is 1.88 bits per heavy atom. The quantitative estimate of drug-likeness (QED) is 0.409. The molecule has 33 heavy (non-hydrogen) atoms. The minimum absolute atomic E-state index is 0.0835. The second kappa shape index (κ2) is 9.98. The van der Waals surface area contributed by atoms with Crippen LogP contribution in [0.5, 0.6) is 17.2 Å². The maximum absolute atomic E-state index is 13.3. The maximum atomic E-state index is 13.3. The van der Waals surface area contributed by atoms with Crippen LogP contribution >= 0.6 is 0 Å². The molecule has 2 N–H and O–H groups in total. The standard InChI is InChI=1S/C26H31N3O4/c1-4-6-14-29-25(17-12-13-20(21(16-17)32-3)33-15-7-5-2)22-23(27-28-24(22)26(29)31)18-10-8-9-11-19(18)30/h8-13,16,25,30H,4-7,14-15H2,1-3H3,(H,27,28). The molecule has 0 saturated heterocycles. The molecule has 0 bridgehead atoms. The molecule has 0 fully saturated rings. The number of nitrogens with zero attached hydrogens (tertiary/aromatic N) is 2. The van der Waals surface area contributed by atoms with Crippen molar-refractivity contribution in [1.29, 1.82) is 0 Å². The second-order valence-electron chi connectivity index (χ2n) is 8.24. The number of aromatic amines is 1. The van der Waals surface area contributed by atoms with E-state index >= 15 is 0 Å². The Bertz CT molecular complexity index is 1120. The minimum atomic E-state index is -0.342. The molecule has 1 amide bonds. The summed E-state index contributed by atoms with van der Waals surface area (Å²) in [5, 5.41) is 17.8. The molecule has 0 saturated carbocycles. The minimum Gasteiger partial charge on any atom is -0.507 e. The molecule has 2 aromatic carbocycles. The predicted molar refractivity (Wildman–Crippen MR) is 127 cm³/mol. The van der Waals surface area contributed by atoms with Gasteiger partial charge in [0.15, 0.2) is 11.5 Å². The largest absolute Gasteiger partial charge is 0.507 e. The Morgan fingerprint density at radius 1 is 1.09 bits per heavy atom. The van der Waals surface area contributed by atoms with Gasteiger partial charge in [0.1, 0.15) is 17.1 Å². The summed E-state index contributed by atoms with van der Waals surface area (Å²) in [5.74, 6) is 1.36. The van der Waals surface area contributed by atoms with E-state index in [0.29, 0.717) is 41.6 Å². The van der Waals surface area contributed by atoms with E-state index in [-0.39, 0.29) is 17.7 Å². The van der Waals surface area contributed by atoms with Crippen LogP contribution < -0.4 is 9.47 Å². The summed E-state index contributed by atoms with van der Waals surface area (Å²) in [6.07, 6.45) is 3.88. The van der Waals surface area contributed by atoms with E-state index in [1.54, 1.807) is 19.2 Å². The average Bonchev–Trinajstić information content (AvgIpc) is 3.37. The smallest absolute Gasteiger partial charge is 0.273 e. The lowest BCUT2D eigenvalue weighted by Gasteiger charge is -2.27. The zero-order valence-electron chi connectivity index (χ0n) is 19.4. The topological polar surface area (TPSA) is 87.7 Å². The van der Waals surface area contributed by atoms with Crippen LogP contribution in [0.1, 0.15) is 67.2 Å². The summed E-state index contributed by atoms with van der Waals surface area (Å²) in [6.45, 7) is 5.48. The number of phenolic OH excluding ortho intramolecular Hbond substituents is 1. The molecule has 7 heteroatoms. The summed E-state index contributed by atoms with van der Waals surface area (Å²) < 4.78 is 11.5. The fourth-order valence-electron chi connectivity index (χ4n) is 4.28.